The van der Waals surface area contributed by atoms with Crippen LogP contribution in [-0.2, 0) is 6.54 Å². The van der Waals surface area contributed by atoms with Crippen molar-refractivity contribution in [1.29, 1.82) is 0 Å². The zero-order valence-electron chi connectivity index (χ0n) is 10.2. The number of nitrogens with zero attached hydrogens (tertiary/aromatic N) is 2. The molecule has 0 aliphatic carbocycles. The molecule has 0 spiro atoms. The van der Waals surface area contributed by atoms with Crippen molar-refractivity contribution < 1.29 is 0 Å². The van der Waals surface area contributed by atoms with Gasteiger partial charge in [0.15, 0.2) is 11.4 Å². The lowest BCUT2D eigenvalue weighted by Crippen LogP contribution is -2.02. The molecule has 0 aliphatic rings. The van der Waals surface area contributed by atoms with Crippen LogP contribution in [0.5, 0.6) is 0 Å². The molecule has 0 atom stereocenters. The second-order valence-corrected chi connectivity index (χ2v) is 3.99. The van der Waals surface area contributed by atoms with E-state index < -0.39 is 0 Å². The average Bonchev–Trinajstić information content (AvgIpc) is 2.46. The van der Waals surface area contributed by atoms with E-state index in [2.05, 4.69) is 15.0 Å². The molecule has 0 aliphatic heterocycles. The van der Waals surface area contributed by atoms with Crippen molar-refractivity contribution in [1.82, 2.24) is 0 Å². The number of nitrogens with one attached hydrogen (secondary N) is 1. The maximum atomic E-state index is 7.06. The van der Waals surface area contributed by atoms with E-state index in [1.807, 2.05) is 30.3 Å². The van der Waals surface area contributed by atoms with Crippen LogP contribution in [0.1, 0.15) is 5.56 Å². The van der Waals surface area contributed by atoms with E-state index >= 15 is 0 Å². The van der Waals surface area contributed by atoms with E-state index in [1.165, 1.54) is 6.07 Å². The minimum Gasteiger partial charge on any atom is -0.398 e. The van der Waals surface area contributed by atoms with Gasteiger partial charge in [0.05, 0.1) is 13.1 Å². The predicted molar refractivity (Wildman–Crippen MR) is 77.1 cm³/mol. The minimum atomic E-state index is 0.290. The summed E-state index contributed by atoms with van der Waals surface area (Å²) in [4.78, 5) is 6.63. The Hall–Kier alpha value is -2.98. The molecule has 0 bridgehead atoms. The number of nitrogen functional groups attached to an aromatic ring is 1. The fourth-order valence-corrected chi connectivity index (χ4v) is 1.72. The molecule has 4 nitrogen and oxygen atoms in total. The highest BCUT2D eigenvalue weighted by atomic mass is 14.9. The molecular weight excluding hydrogens is 236 g/mol. The molecule has 0 fully saturated rings. The van der Waals surface area contributed by atoms with Crippen LogP contribution in [0, 0.1) is 13.1 Å². The van der Waals surface area contributed by atoms with Crippen LogP contribution in [0.25, 0.3) is 9.69 Å². The first-order valence-electron chi connectivity index (χ1n) is 5.71. The third-order valence-electron chi connectivity index (χ3n) is 2.71. The van der Waals surface area contributed by atoms with Crippen LogP contribution in [0.15, 0.2) is 42.5 Å². The van der Waals surface area contributed by atoms with Crippen LogP contribution in [0.2, 0.25) is 0 Å². The molecule has 0 saturated carbocycles. The Morgan fingerprint density at radius 1 is 1.00 bits per heavy atom. The first-order valence-corrected chi connectivity index (χ1v) is 5.71. The second kappa shape index (κ2) is 5.57. The first-order chi connectivity index (χ1) is 9.24. The molecule has 0 saturated heterocycles. The van der Waals surface area contributed by atoms with Crippen LogP contribution < -0.4 is 11.1 Å². The van der Waals surface area contributed by atoms with Crippen molar-refractivity contribution in [2.45, 2.75) is 6.54 Å². The highest BCUT2D eigenvalue weighted by Crippen LogP contribution is 2.35. The van der Waals surface area contributed by atoms with Gasteiger partial charge in [0.2, 0.25) is 0 Å². The van der Waals surface area contributed by atoms with Crippen molar-refractivity contribution in [3.05, 3.63) is 70.9 Å². The lowest BCUT2D eigenvalue weighted by molar-refractivity contribution is 1.15. The highest BCUT2D eigenvalue weighted by Gasteiger charge is 2.07. The molecule has 2 rings (SSSR count). The Labute approximate surface area is 112 Å². The lowest BCUT2D eigenvalue weighted by Gasteiger charge is -2.11. The summed E-state index contributed by atoms with van der Waals surface area (Å²) in [6.45, 7) is 14.7. The van der Waals surface area contributed by atoms with Crippen molar-refractivity contribution in [2.24, 2.45) is 0 Å². The Kier molecular flexibility index (Phi) is 3.66. The Balaban J connectivity index is 2.22. The van der Waals surface area contributed by atoms with Crippen molar-refractivity contribution >= 4 is 22.7 Å². The van der Waals surface area contributed by atoms with Gasteiger partial charge < -0.3 is 11.1 Å². The molecule has 2 aromatic carbocycles. The summed E-state index contributed by atoms with van der Waals surface area (Å²) in [6, 6.07) is 13.1. The molecule has 19 heavy (non-hydrogen) atoms. The molecule has 3 N–H and O–H groups in total. The summed E-state index contributed by atoms with van der Waals surface area (Å²) < 4.78 is 0. The van der Waals surface area contributed by atoms with E-state index in [4.69, 9.17) is 18.9 Å². The topological polar surface area (TPSA) is 46.8 Å². The summed E-state index contributed by atoms with van der Waals surface area (Å²) in [6.07, 6.45) is 0. The second-order valence-electron chi connectivity index (χ2n) is 3.99. The van der Waals surface area contributed by atoms with Gasteiger partial charge in [-0.2, -0.15) is 0 Å². The van der Waals surface area contributed by atoms with E-state index in [9.17, 15) is 0 Å². The first kappa shape index (κ1) is 12.5. The van der Waals surface area contributed by atoms with E-state index in [1.54, 1.807) is 6.07 Å². The minimum absolute atomic E-state index is 0.290. The maximum Gasteiger partial charge on any atom is 0.196 e. The fraction of sp³-hybridized carbons (Fsp3) is 0.0667. The highest BCUT2D eigenvalue weighted by molar-refractivity contribution is 5.83. The molecule has 4 heteroatoms. The standard InChI is InChI=1S/C15H12N4/c1-17-14-8-12(16)13(9-15(14)18-2)19-10-11-6-4-3-5-7-11/h3-9,19H,10,16H2. The van der Waals surface area contributed by atoms with Gasteiger partial charge in [0.25, 0.3) is 0 Å². The molecule has 0 aromatic heterocycles. The number of benzene rings is 2. The van der Waals surface area contributed by atoms with E-state index in [0.29, 0.717) is 23.6 Å². The zero-order chi connectivity index (χ0) is 13.7. The Bertz CT molecular complexity index is 663. The lowest BCUT2D eigenvalue weighted by atomic mass is 10.2. The van der Waals surface area contributed by atoms with Gasteiger partial charge in [0.1, 0.15) is 0 Å². The van der Waals surface area contributed by atoms with E-state index in [-0.39, 0.29) is 5.69 Å². The van der Waals surface area contributed by atoms with Crippen molar-refractivity contribution in [3.63, 3.8) is 0 Å². The third kappa shape index (κ3) is 2.83. The van der Waals surface area contributed by atoms with Crippen molar-refractivity contribution in [2.75, 3.05) is 11.1 Å². The number of nitrogens with two attached hydrogens (primary N) is 1. The van der Waals surface area contributed by atoms with Gasteiger partial charge in [-0.25, -0.2) is 0 Å². The number of rotatable bonds is 3. The van der Waals surface area contributed by atoms with Crippen LogP contribution >= 0.6 is 0 Å². The molecule has 0 heterocycles. The zero-order valence-corrected chi connectivity index (χ0v) is 10.2. The van der Waals surface area contributed by atoms with Crippen LogP contribution in [-0.4, -0.2) is 0 Å². The fourth-order valence-electron chi connectivity index (χ4n) is 1.72. The summed E-state index contributed by atoms with van der Waals surface area (Å²) in [5.41, 5.74) is 8.77. The van der Waals surface area contributed by atoms with Gasteiger partial charge in [-0.3, -0.25) is 9.69 Å². The average molecular weight is 248 g/mol. The number of hydrogen-bond donors (Lipinski definition) is 2. The van der Waals surface area contributed by atoms with E-state index in [0.717, 1.165) is 5.56 Å². The van der Waals surface area contributed by atoms with Gasteiger partial charge in [-0.05, 0) is 17.7 Å². The van der Waals surface area contributed by atoms with Gasteiger partial charge in [-0.15, -0.1) is 0 Å². The monoisotopic (exact) mass is 248 g/mol. The molecule has 2 aromatic rings. The quantitative estimate of drug-likeness (QED) is 0.637. The molecule has 0 amide bonds. The van der Waals surface area contributed by atoms with Crippen molar-refractivity contribution in [3.8, 4) is 0 Å². The molecule has 92 valence electrons. The Morgan fingerprint density at radius 3 is 2.26 bits per heavy atom. The van der Waals surface area contributed by atoms with Crippen LogP contribution in [0.3, 0.4) is 0 Å². The SMILES string of the molecule is [C-]#[N+]c1cc(N)c(NCc2ccccc2)cc1[N+]#[C-]. The van der Waals surface area contributed by atoms with Gasteiger partial charge in [-0.1, -0.05) is 30.3 Å². The maximum absolute atomic E-state index is 7.06. The van der Waals surface area contributed by atoms with Crippen LogP contribution in [0.4, 0.5) is 22.7 Å². The Morgan fingerprint density at radius 2 is 1.63 bits per heavy atom. The molecule has 0 radical (unpaired) electrons. The largest absolute Gasteiger partial charge is 0.398 e. The number of hydrogen-bond acceptors (Lipinski definition) is 2. The summed E-state index contributed by atoms with van der Waals surface area (Å²) in [5.74, 6) is 0. The summed E-state index contributed by atoms with van der Waals surface area (Å²) >= 11 is 0. The molecule has 0 unspecified atom stereocenters. The predicted octanol–water partition coefficient (Wildman–Crippen LogP) is 3.98. The third-order valence-corrected chi connectivity index (χ3v) is 2.71. The normalized spacial score (nSPS) is 9.37. The summed E-state index contributed by atoms with van der Waals surface area (Å²) in [7, 11) is 0. The molecular formula is C15H12N4. The summed E-state index contributed by atoms with van der Waals surface area (Å²) in [5, 5.41) is 3.18. The number of anilines is 2. The smallest absolute Gasteiger partial charge is 0.196 e. The van der Waals surface area contributed by atoms with Gasteiger partial charge in [0, 0.05) is 17.9 Å². The van der Waals surface area contributed by atoms with Gasteiger partial charge >= 0.3 is 0 Å².